The van der Waals surface area contributed by atoms with E-state index in [1.165, 1.54) is 7.11 Å². The lowest BCUT2D eigenvalue weighted by Crippen LogP contribution is -2.12. The first-order chi connectivity index (χ1) is 4.74. The van der Waals surface area contributed by atoms with Gasteiger partial charge in [0.2, 0.25) is 0 Å². The number of nitrogen functional groups attached to an aromatic ring is 1. The van der Waals surface area contributed by atoms with Crippen molar-refractivity contribution in [3.63, 3.8) is 0 Å². The Bertz CT molecular complexity index is 240. The van der Waals surface area contributed by atoms with E-state index < -0.39 is 0 Å². The van der Waals surface area contributed by atoms with Crippen LogP contribution in [0.5, 0.6) is 5.88 Å². The zero-order valence-electron chi connectivity index (χ0n) is 5.96. The highest BCUT2D eigenvalue weighted by molar-refractivity contribution is 6.30. The number of hydrogen-bond acceptors (Lipinski definition) is 4. The molecule has 0 aliphatic carbocycles. The average Bonchev–Trinajstić information content (AvgIpc) is 1.88. The third-order valence-electron chi connectivity index (χ3n) is 1.08. The molecule has 0 spiro atoms. The smallest absolute Gasteiger partial charge is 0.256 e. The number of nitrogens with zero attached hydrogens (tertiary/aromatic N) is 2. The molecule has 0 aliphatic rings. The molecule has 0 unspecified atom stereocenters. The fourth-order valence-corrected chi connectivity index (χ4v) is 0.642. The lowest BCUT2D eigenvalue weighted by Gasteiger charge is -2.00. The maximum Gasteiger partial charge on any atom is 0.256 e. The van der Waals surface area contributed by atoms with E-state index in [0.717, 1.165) is 5.59 Å². The summed E-state index contributed by atoms with van der Waals surface area (Å²) in [5, 5.41) is 0. The summed E-state index contributed by atoms with van der Waals surface area (Å²) in [5.74, 6) is 0.716. The highest BCUT2D eigenvalue weighted by atomic mass is 16.5. The van der Waals surface area contributed by atoms with Crippen LogP contribution in [0.15, 0.2) is 6.20 Å². The molecule has 0 atom stereocenters. The zero-order valence-corrected chi connectivity index (χ0v) is 5.96. The van der Waals surface area contributed by atoms with Crippen molar-refractivity contribution in [2.45, 2.75) is 0 Å². The van der Waals surface area contributed by atoms with Crippen molar-refractivity contribution in [2.75, 3.05) is 12.8 Å². The van der Waals surface area contributed by atoms with Crippen LogP contribution in [0.25, 0.3) is 0 Å². The van der Waals surface area contributed by atoms with Crippen molar-refractivity contribution in [3.05, 3.63) is 6.20 Å². The topological polar surface area (TPSA) is 61.0 Å². The molecule has 0 saturated heterocycles. The van der Waals surface area contributed by atoms with Gasteiger partial charge in [-0.25, -0.2) is 9.97 Å². The third-order valence-corrected chi connectivity index (χ3v) is 1.08. The Balaban J connectivity index is 3.07. The minimum absolute atomic E-state index is 0.336. The lowest BCUT2D eigenvalue weighted by atomic mass is 10.1. The second-order valence-corrected chi connectivity index (χ2v) is 1.91. The van der Waals surface area contributed by atoms with Gasteiger partial charge in [0.05, 0.1) is 7.11 Å². The van der Waals surface area contributed by atoms with Gasteiger partial charge in [0.15, 0.2) is 13.7 Å². The molecule has 4 nitrogen and oxygen atoms in total. The summed E-state index contributed by atoms with van der Waals surface area (Å²) in [7, 11) is 3.33. The molecule has 1 rings (SSSR count). The van der Waals surface area contributed by atoms with Crippen LogP contribution in [-0.2, 0) is 0 Å². The molecule has 0 aromatic carbocycles. The summed E-state index contributed by atoms with van der Waals surface area (Å²) < 4.78 is 4.80. The normalized spacial score (nSPS) is 9.30. The predicted molar refractivity (Wildman–Crippen MR) is 41.2 cm³/mol. The molecule has 0 radical (unpaired) electrons. The maximum atomic E-state index is 5.43. The van der Waals surface area contributed by atoms with Crippen molar-refractivity contribution >= 4 is 19.3 Å². The number of aromatic nitrogens is 2. The van der Waals surface area contributed by atoms with E-state index in [0.29, 0.717) is 11.7 Å². The first kappa shape index (κ1) is 6.86. The molecule has 1 aromatic rings. The highest BCUT2D eigenvalue weighted by Crippen LogP contribution is 2.09. The van der Waals surface area contributed by atoms with E-state index in [2.05, 4.69) is 9.97 Å². The number of rotatable bonds is 1. The molecule has 2 N–H and O–H groups in total. The average molecular weight is 137 g/mol. The third kappa shape index (κ3) is 1.18. The fourth-order valence-electron chi connectivity index (χ4n) is 0.642. The second kappa shape index (κ2) is 2.55. The summed E-state index contributed by atoms with van der Waals surface area (Å²) in [5.41, 5.74) is 6.22. The van der Waals surface area contributed by atoms with E-state index >= 15 is 0 Å². The van der Waals surface area contributed by atoms with Crippen LogP contribution in [-0.4, -0.2) is 24.9 Å². The van der Waals surface area contributed by atoms with E-state index in [1.54, 1.807) is 6.20 Å². The molecule has 0 aliphatic heterocycles. The molecule has 10 heavy (non-hydrogen) atoms. The molecule has 5 heteroatoms. The standard InChI is InChI=1S/C5H8BN3O/c1-10-5-4(7)9-3(6)2-8-5/h2H,6H2,1H3,(H2,7,9). The summed E-state index contributed by atoms with van der Waals surface area (Å²) >= 11 is 0. The molecular weight excluding hydrogens is 129 g/mol. The van der Waals surface area contributed by atoms with Crippen LogP contribution in [0.2, 0.25) is 0 Å². The number of ether oxygens (including phenoxy) is 1. The molecule has 0 saturated carbocycles. The minimum Gasteiger partial charge on any atom is -0.478 e. The van der Waals surface area contributed by atoms with E-state index in [-0.39, 0.29) is 0 Å². The van der Waals surface area contributed by atoms with E-state index in [1.807, 2.05) is 7.85 Å². The molecule has 1 aromatic heterocycles. The van der Waals surface area contributed by atoms with Crippen molar-refractivity contribution in [3.8, 4) is 5.88 Å². The lowest BCUT2D eigenvalue weighted by molar-refractivity contribution is 0.399. The van der Waals surface area contributed by atoms with Crippen LogP contribution in [0, 0.1) is 0 Å². The number of anilines is 1. The van der Waals surface area contributed by atoms with Gasteiger partial charge in [-0.3, -0.25) is 0 Å². The molecule has 0 amide bonds. The molecule has 1 heterocycles. The molecular formula is C5H8BN3O. The van der Waals surface area contributed by atoms with Gasteiger partial charge in [0, 0.05) is 11.8 Å². The summed E-state index contributed by atoms with van der Waals surface area (Å²) in [6.07, 6.45) is 1.61. The Labute approximate surface area is 59.8 Å². The van der Waals surface area contributed by atoms with Gasteiger partial charge in [-0.05, 0) is 0 Å². The van der Waals surface area contributed by atoms with Gasteiger partial charge in [0.1, 0.15) is 0 Å². The van der Waals surface area contributed by atoms with Gasteiger partial charge in [0.25, 0.3) is 5.88 Å². The van der Waals surface area contributed by atoms with Crippen molar-refractivity contribution in [2.24, 2.45) is 0 Å². The van der Waals surface area contributed by atoms with Crippen molar-refractivity contribution < 1.29 is 4.74 Å². The van der Waals surface area contributed by atoms with Crippen LogP contribution >= 0.6 is 0 Å². The number of methoxy groups -OCH3 is 1. The first-order valence-electron chi connectivity index (χ1n) is 2.87. The molecule has 0 bridgehead atoms. The first-order valence-corrected chi connectivity index (χ1v) is 2.87. The van der Waals surface area contributed by atoms with Gasteiger partial charge in [-0.15, -0.1) is 0 Å². The summed E-state index contributed by atoms with van der Waals surface area (Å²) in [6.45, 7) is 0. The minimum atomic E-state index is 0.336. The summed E-state index contributed by atoms with van der Waals surface area (Å²) in [4.78, 5) is 7.82. The maximum absolute atomic E-state index is 5.43. The largest absolute Gasteiger partial charge is 0.478 e. The van der Waals surface area contributed by atoms with Gasteiger partial charge < -0.3 is 10.5 Å². The zero-order chi connectivity index (χ0) is 7.56. The summed E-state index contributed by atoms with van der Waals surface area (Å²) in [6, 6.07) is 0. The monoisotopic (exact) mass is 137 g/mol. The predicted octanol–water partition coefficient (Wildman–Crippen LogP) is -1.67. The van der Waals surface area contributed by atoms with Gasteiger partial charge in [-0.2, -0.15) is 0 Å². The van der Waals surface area contributed by atoms with Crippen molar-refractivity contribution in [1.82, 2.24) is 9.97 Å². The van der Waals surface area contributed by atoms with Gasteiger partial charge >= 0.3 is 0 Å². The highest BCUT2D eigenvalue weighted by Gasteiger charge is 1.99. The van der Waals surface area contributed by atoms with Crippen LogP contribution in [0.4, 0.5) is 5.82 Å². The Morgan fingerprint density at radius 2 is 2.40 bits per heavy atom. The molecule has 52 valence electrons. The number of nitrogens with two attached hydrogens (primary N) is 1. The van der Waals surface area contributed by atoms with Gasteiger partial charge in [-0.1, -0.05) is 0 Å². The molecule has 0 fully saturated rings. The Kier molecular flexibility index (Phi) is 1.75. The second-order valence-electron chi connectivity index (χ2n) is 1.91. The van der Waals surface area contributed by atoms with Crippen LogP contribution in [0.3, 0.4) is 0 Å². The Hall–Kier alpha value is -1.26. The Morgan fingerprint density at radius 1 is 1.70 bits per heavy atom. The van der Waals surface area contributed by atoms with E-state index in [9.17, 15) is 0 Å². The Morgan fingerprint density at radius 3 is 2.90 bits per heavy atom. The quantitative estimate of drug-likeness (QED) is 0.470. The van der Waals surface area contributed by atoms with E-state index in [4.69, 9.17) is 10.5 Å². The number of hydrogen-bond donors (Lipinski definition) is 1. The van der Waals surface area contributed by atoms with Crippen molar-refractivity contribution in [1.29, 1.82) is 0 Å². The SMILES string of the molecule is Bc1cnc(OC)c(N)n1. The van der Waals surface area contributed by atoms with Crippen LogP contribution < -0.4 is 16.1 Å². The van der Waals surface area contributed by atoms with Crippen LogP contribution in [0.1, 0.15) is 0 Å². The fraction of sp³-hybridized carbons (Fsp3) is 0.200.